The Bertz CT molecular complexity index is 1500. The number of nitrogens with zero attached hydrogens (tertiary/aromatic N) is 3. The quantitative estimate of drug-likeness (QED) is 0.261. The SMILES string of the molecule is CCCc1c(C(C)=O)c2ccc(C(=O)N(C(=O)OC(C)(C)C)C(=O)OC(C)(C)C)nc2n1Cc1ccc(OC)cc1Cl. The molecule has 0 unspecified atom stereocenters. The highest BCUT2D eigenvalue weighted by atomic mass is 35.5. The number of imide groups is 3. The molecule has 10 nitrogen and oxygen atoms in total. The highest BCUT2D eigenvalue weighted by molar-refractivity contribution is 6.31. The molecule has 0 spiro atoms. The van der Waals surface area contributed by atoms with Gasteiger partial charge in [0.1, 0.15) is 28.3 Å². The predicted octanol–water partition coefficient (Wildman–Crippen LogP) is 7.21. The molecule has 0 aliphatic rings. The van der Waals surface area contributed by atoms with Gasteiger partial charge in [-0.3, -0.25) is 9.59 Å². The third kappa shape index (κ3) is 7.47. The normalized spacial score (nSPS) is 11.8. The first-order chi connectivity index (χ1) is 19.5. The Morgan fingerprint density at radius 2 is 1.55 bits per heavy atom. The molecule has 0 N–H and O–H groups in total. The lowest BCUT2D eigenvalue weighted by Gasteiger charge is -2.27. The van der Waals surface area contributed by atoms with Crippen LogP contribution in [0.2, 0.25) is 5.02 Å². The van der Waals surface area contributed by atoms with E-state index in [-0.39, 0.29) is 18.0 Å². The second-order valence-electron chi connectivity index (χ2n) is 11.8. The van der Waals surface area contributed by atoms with Crippen LogP contribution in [0.4, 0.5) is 9.59 Å². The van der Waals surface area contributed by atoms with Gasteiger partial charge in [-0.05, 0) is 84.7 Å². The molecule has 0 saturated heterocycles. The molecule has 0 saturated carbocycles. The van der Waals surface area contributed by atoms with Crippen LogP contribution < -0.4 is 4.74 Å². The minimum atomic E-state index is -1.19. The predicted molar refractivity (Wildman–Crippen MR) is 159 cm³/mol. The van der Waals surface area contributed by atoms with Gasteiger partial charge in [-0.15, -0.1) is 4.90 Å². The topological polar surface area (TPSA) is 117 Å². The molecule has 0 fully saturated rings. The molecular formula is C31H38ClN3O7. The highest BCUT2D eigenvalue weighted by Crippen LogP contribution is 2.31. The number of hydrogen-bond acceptors (Lipinski definition) is 8. The molecule has 3 rings (SSSR count). The van der Waals surface area contributed by atoms with Gasteiger partial charge < -0.3 is 18.8 Å². The van der Waals surface area contributed by atoms with Crippen molar-refractivity contribution in [2.45, 2.75) is 86.0 Å². The first-order valence-corrected chi connectivity index (χ1v) is 14.0. The zero-order chi connectivity index (χ0) is 31.6. The average Bonchev–Trinajstić information content (AvgIpc) is 3.15. The van der Waals surface area contributed by atoms with E-state index in [0.29, 0.717) is 38.7 Å². The number of benzene rings is 1. The maximum atomic E-state index is 13.7. The zero-order valence-corrected chi connectivity index (χ0v) is 26.3. The number of fused-ring (bicyclic) bond motifs is 1. The van der Waals surface area contributed by atoms with Crippen molar-refractivity contribution in [1.82, 2.24) is 14.5 Å². The van der Waals surface area contributed by atoms with E-state index in [2.05, 4.69) is 4.98 Å². The van der Waals surface area contributed by atoms with Crippen molar-refractivity contribution in [3.63, 3.8) is 0 Å². The zero-order valence-electron chi connectivity index (χ0n) is 25.6. The maximum absolute atomic E-state index is 13.7. The van der Waals surface area contributed by atoms with E-state index in [9.17, 15) is 19.2 Å². The second-order valence-corrected chi connectivity index (χ2v) is 12.2. The smallest absolute Gasteiger partial charge is 0.427 e. The Morgan fingerprint density at radius 1 is 0.952 bits per heavy atom. The Labute approximate surface area is 250 Å². The molecule has 1 aromatic carbocycles. The van der Waals surface area contributed by atoms with Crippen LogP contribution in [0.3, 0.4) is 0 Å². The fourth-order valence-corrected chi connectivity index (χ4v) is 4.60. The van der Waals surface area contributed by atoms with E-state index < -0.39 is 29.3 Å². The van der Waals surface area contributed by atoms with E-state index in [4.69, 9.17) is 25.8 Å². The Balaban J connectivity index is 2.22. The van der Waals surface area contributed by atoms with Gasteiger partial charge in [-0.25, -0.2) is 14.6 Å². The van der Waals surface area contributed by atoms with Crippen LogP contribution in [0.15, 0.2) is 30.3 Å². The molecule has 0 aliphatic heterocycles. The summed E-state index contributed by atoms with van der Waals surface area (Å²) in [5.41, 5.74) is 0.0925. The number of Topliss-reactive ketones (excluding diaryl/α,β-unsaturated/α-hetero) is 1. The van der Waals surface area contributed by atoms with Crippen LogP contribution in [-0.2, 0) is 22.4 Å². The summed E-state index contributed by atoms with van der Waals surface area (Å²) in [6.45, 7) is 13.4. The third-order valence-corrected chi connectivity index (χ3v) is 6.37. The molecule has 0 atom stereocenters. The lowest BCUT2D eigenvalue weighted by molar-refractivity contribution is 0.00380. The number of ether oxygens (including phenoxy) is 3. The number of amides is 3. The molecule has 3 aromatic rings. The van der Waals surface area contributed by atoms with Gasteiger partial charge >= 0.3 is 12.2 Å². The molecule has 11 heteroatoms. The summed E-state index contributed by atoms with van der Waals surface area (Å²) in [6.07, 6.45) is -1.09. The van der Waals surface area contributed by atoms with Gasteiger partial charge in [0, 0.05) is 21.7 Å². The second kappa shape index (κ2) is 12.5. The minimum Gasteiger partial charge on any atom is -0.497 e. The third-order valence-electron chi connectivity index (χ3n) is 6.02. The molecule has 226 valence electrons. The number of halogens is 1. The van der Waals surface area contributed by atoms with Crippen molar-refractivity contribution >= 4 is 46.5 Å². The fraction of sp³-hybridized carbons (Fsp3) is 0.452. The van der Waals surface area contributed by atoms with Gasteiger partial charge in [-0.1, -0.05) is 31.0 Å². The van der Waals surface area contributed by atoms with Crippen LogP contribution in [0.25, 0.3) is 11.0 Å². The number of hydrogen-bond donors (Lipinski definition) is 0. The lowest BCUT2D eigenvalue weighted by Crippen LogP contribution is -2.47. The number of carbonyl (C=O) groups is 4. The number of carbonyl (C=O) groups excluding carboxylic acids is 4. The summed E-state index contributed by atoms with van der Waals surface area (Å²) < 4.78 is 17.8. The van der Waals surface area contributed by atoms with Gasteiger partial charge in [0.15, 0.2) is 5.78 Å². The van der Waals surface area contributed by atoms with Gasteiger partial charge in [-0.2, -0.15) is 0 Å². The Morgan fingerprint density at radius 3 is 2.02 bits per heavy atom. The van der Waals surface area contributed by atoms with E-state index in [1.54, 1.807) is 66.9 Å². The summed E-state index contributed by atoms with van der Waals surface area (Å²) >= 11 is 6.56. The molecular weight excluding hydrogens is 562 g/mol. The molecule has 3 amide bonds. The van der Waals surface area contributed by atoms with Crippen LogP contribution in [0, 0.1) is 0 Å². The Hall–Kier alpha value is -3.92. The number of ketones is 1. The van der Waals surface area contributed by atoms with Crippen molar-refractivity contribution < 1.29 is 33.4 Å². The molecule has 2 aromatic heterocycles. The van der Waals surface area contributed by atoms with E-state index in [1.165, 1.54) is 13.0 Å². The summed E-state index contributed by atoms with van der Waals surface area (Å²) in [4.78, 5) is 57.6. The Kier molecular flexibility index (Phi) is 9.72. The van der Waals surface area contributed by atoms with Gasteiger partial charge in [0.2, 0.25) is 0 Å². The largest absolute Gasteiger partial charge is 0.497 e. The van der Waals surface area contributed by atoms with Crippen LogP contribution in [0.5, 0.6) is 5.75 Å². The summed E-state index contributed by atoms with van der Waals surface area (Å²) in [5.74, 6) is -0.597. The van der Waals surface area contributed by atoms with Crippen LogP contribution in [-0.4, -0.2) is 56.6 Å². The van der Waals surface area contributed by atoms with Crippen molar-refractivity contribution in [1.29, 1.82) is 0 Å². The average molecular weight is 600 g/mol. The van der Waals surface area contributed by atoms with Crippen molar-refractivity contribution in [2.75, 3.05) is 7.11 Å². The van der Waals surface area contributed by atoms with Crippen LogP contribution in [0.1, 0.15) is 93.9 Å². The standard InChI is InChI=1S/C31H38ClN3O7/c1-10-11-24-25(18(2)36)21-14-15-23(33-26(21)34(24)17-19-12-13-20(40-9)16-22(19)32)27(37)35(28(38)41-30(3,4)5)29(39)42-31(6,7)8/h12-16H,10-11,17H2,1-9H3. The molecule has 2 heterocycles. The summed E-state index contributed by atoms with van der Waals surface area (Å²) in [7, 11) is 1.55. The molecule has 0 aliphatic carbocycles. The lowest BCUT2D eigenvalue weighted by atomic mass is 10.1. The number of methoxy groups -OCH3 is 1. The number of rotatable bonds is 7. The van der Waals surface area contributed by atoms with Gasteiger partial charge in [0.05, 0.1) is 13.7 Å². The highest BCUT2D eigenvalue weighted by Gasteiger charge is 2.38. The van der Waals surface area contributed by atoms with Crippen LogP contribution >= 0.6 is 11.6 Å². The van der Waals surface area contributed by atoms with Crippen molar-refractivity contribution in [3.05, 3.63) is 57.9 Å². The van der Waals surface area contributed by atoms with E-state index >= 15 is 0 Å². The molecule has 42 heavy (non-hydrogen) atoms. The number of aromatic nitrogens is 2. The first kappa shape index (κ1) is 32.6. The monoisotopic (exact) mass is 599 g/mol. The first-order valence-electron chi connectivity index (χ1n) is 13.6. The van der Waals surface area contributed by atoms with Crippen molar-refractivity contribution in [3.8, 4) is 5.75 Å². The summed E-state index contributed by atoms with van der Waals surface area (Å²) in [5, 5.41) is 0.990. The van der Waals surface area contributed by atoms with E-state index in [0.717, 1.165) is 17.7 Å². The van der Waals surface area contributed by atoms with Gasteiger partial charge in [0.25, 0.3) is 5.91 Å². The maximum Gasteiger partial charge on any atom is 0.427 e. The summed E-state index contributed by atoms with van der Waals surface area (Å²) in [6, 6.07) is 8.26. The number of pyridine rings is 1. The molecule has 0 radical (unpaired) electrons. The molecule has 0 bridgehead atoms. The fourth-order valence-electron chi connectivity index (χ4n) is 4.37. The minimum absolute atomic E-state index is 0.159. The van der Waals surface area contributed by atoms with E-state index in [1.807, 2.05) is 17.6 Å². The van der Waals surface area contributed by atoms with Crippen molar-refractivity contribution in [2.24, 2.45) is 0 Å².